The molecule has 0 fully saturated rings. The number of aromatic nitrogens is 1. The summed E-state index contributed by atoms with van der Waals surface area (Å²) in [5, 5.41) is 5.99. The van der Waals surface area contributed by atoms with Crippen molar-refractivity contribution in [2.45, 2.75) is 6.92 Å². The van der Waals surface area contributed by atoms with Crippen LogP contribution in [0.1, 0.15) is 6.92 Å². The third-order valence-electron chi connectivity index (χ3n) is 2.27. The van der Waals surface area contributed by atoms with E-state index in [9.17, 15) is 9.59 Å². The second kappa shape index (κ2) is 6.53. The number of carbonyl (C=O) groups excluding carboxylic acids is 2. The quantitative estimate of drug-likeness (QED) is 0.850. The number of esters is 1. The lowest BCUT2D eigenvalue weighted by atomic mass is 10.3. The van der Waals surface area contributed by atoms with Gasteiger partial charge in [0.1, 0.15) is 6.54 Å². The number of benzene rings is 1. The number of amides is 2. The summed E-state index contributed by atoms with van der Waals surface area (Å²) in [6, 6.07) is 4.77. The lowest BCUT2D eigenvalue weighted by Gasteiger charge is -2.04. The second-order valence-electron chi connectivity index (χ2n) is 3.74. The number of fused-ring (bicyclic) bond motifs is 1. The van der Waals surface area contributed by atoms with Gasteiger partial charge in [-0.3, -0.25) is 10.1 Å². The van der Waals surface area contributed by atoms with E-state index in [-0.39, 0.29) is 13.2 Å². The van der Waals surface area contributed by atoms with Gasteiger partial charge in [-0.2, -0.15) is 0 Å². The van der Waals surface area contributed by atoms with E-state index in [2.05, 4.69) is 15.6 Å². The van der Waals surface area contributed by atoms with Gasteiger partial charge in [0.25, 0.3) is 0 Å². The number of carbonyl (C=O) groups is 2. The number of nitrogens with one attached hydrogen (secondary N) is 2. The first-order chi connectivity index (χ1) is 9.58. The highest BCUT2D eigenvalue weighted by atomic mass is 35.5. The molecule has 0 saturated heterocycles. The Morgan fingerprint density at radius 1 is 1.45 bits per heavy atom. The van der Waals surface area contributed by atoms with Gasteiger partial charge in [-0.05, 0) is 25.1 Å². The summed E-state index contributed by atoms with van der Waals surface area (Å²) in [7, 11) is 0. The molecule has 2 amide bonds. The molecule has 1 aromatic carbocycles. The Morgan fingerprint density at radius 2 is 2.25 bits per heavy atom. The maximum absolute atomic E-state index is 11.6. The predicted molar refractivity (Wildman–Crippen MR) is 78.3 cm³/mol. The van der Waals surface area contributed by atoms with Crippen LogP contribution in [-0.4, -0.2) is 30.1 Å². The molecule has 1 heterocycles. The van der Waals surface area contributed by atoms with Gasteiger partial charge in [0.2, 0.25) is 0 Å². The van der Waals surface area contributed by atoms with Crippen molar-refractivity contribution < 1.29 is 14.3 Å². The molecule has 1 aromatic heterocycles. The first-order valence-corrected chi connectivity index (χ1v) is 7.04. The lowest BCUT2D eigenvalue weighted by Crippen LogP contribution is -2.34. The van der Waals surface area contributed by atoms with Crippen molar-refractivity contribution in [3.8, 4) is 0 Å². The Balaban J connectivity index is 1.94. The first-order valence-electron chi connectivity index (χ1n) is 5.85. The molecule has 2 aromatic rings. The monoisotopic (exact) mass is 313 g/mol. The summed E-state index contributed by atoms with van der Waals surface area (Å²) in [5.41, 5.74) is 0.750. The van der Waals surface area contributed by atoms with Crippen molar-refractivity contribution in [2.75, 3.05) is 18.5 Å². The molecule has 2 rings (SSSR count). The van der Waals surface area contributed by atoms with Crippen LogP contribution in [-0.2, 0) is 9.53 Å². The Kier molecular flexibility index (Phi) is 4.75. The average Bonchev–Trinajstić information content (AvgIpc) is 2.78. The Labute approximate surface area is 124 Å². The third-order valence-corrected chi connectivity index (χ3v) is 3.44. The fraction of sp³-hybridized carbons (Fsp3) is 0.250. The molecule has 0 atom stereocenters. The summed E-state index contributed by atoms with van der Waals surface area (Å²) >= 11 is 7.18. The van der Waals surface area contributed by atoms with Crippen molar-refractivity contribution in [3.05, 3.63) is 23.2 Å². The first kappa shape index (κ1) is 14.5. The van der Waals surface area contributed by atoms with E-state index in [1.54, 1.807) is 25.1 Å². The molecular formula is C12H12ClN3O3S. The zero-order valence-electron chi connectivity index (χ0n) is 10.6. The van der Waals surface area contributed by atoms with Crippen LogP contribution in [0.25, 0.3) is 10.2 Å². The summed E-state index contributed by atoms with van der Waals surface area (Å²) < 4.78 is 5.57. The van der Waals surface area contributed by atoms with Gasteiger partial charge in [0, 0.05) is 5.02 Å². The Morgan fingerprint density at radius 3 is 3.00 bits per heavy atom. The van der Waals surface area contributed by atoms with Crippen molar-refractivity contribution in [3.63, 3.8) is 0 Å². The molecule has 0 saturated carbocycles. The fourth-order valence-electron chi connectivity index (χ4n) is 1.46. The zero-order valence-corrected chi connectivity index (χ0v) is 12.2. The van der Waals surface area contributed by atoms with Crippen molar-refractivity contribution in [1.29, 1.82) is 0 Å². The third kappa shape index (κ3) is 3.82. The molecule has 0 unspecified atom stereocenters. The van der Waals surface area contributed by atoms with E-state index in [4.69, 9.17) is 16.3 Å². The molecule has 0 aliphatic heterocycles. The highest BCUT2D eigenvalue weighted by molar-refractivity contribution is 7.22. The van der Waals surface area contributed by atoms with Crippen LogP contribution in [0, 0.1) is 0 Å². The van der Waals surface area contributed by atoms with Crippen molar-refractivity contribution in [2.24, 2.45) is 0 Å². The fourth-order valence-corrected chi connectivity index (χ4v) is 2.59. The van der Waals surface area contributed by atoms with E-state index in [0.29, 0.717) is 10.2 Å². The maximum Gasteiger partial charge on any atom is 0.325 e. The summed E-state index contributed by atoms with van der Waals surface area (Å²) in [6.07, 6.45) is 0. The topological polar surface area (TPSA) is 80.3 Å². The van der Waals surface area contributed by atoms with Gasteiger partial charge in [-0.25, -0.2) is 9.78 Å². The number of halogens is 1. The standard InChI is InChI=1S/C12H12ClN3O3S/c1-2-19-10(17)6-14-11(18)16-12-15-8-4-3-7(13)5-9(8)20-12/h3-5H,2,6H2,1H3,(H2,14,15,16,18). The van der Waals surface area contributed by atoms with Crippen LogP contribution < -0.4 is 10.6 Å². The minimum Gasteiger partial charge on any atom is -0.465 e. The number of rotatable bonds is 4. The molecule has 20 heavy (non-hydrogen) atoms. The largest absolute Gasteiger partial charge is 0.465 e. The molecule has 0 bridgehead atoms. The number of thiazole rings is 1. The van der Waals surface area contributed by atoms with Gasteiger partial charge in [-0.1, -0.05) is 22.9 Å². The summed E-state index contributed by atoms with van der Waals surface area (Å²) in [4.78, 5) is 26.9. The van der Waals surface area contributed by atoms with Gasteiger partial charge >= 0.3 is 12.0 Å². The molecule has 106 valence electrons. The van der Waals surface area contributed by atoms with Crippen molar-refractivity contribution >= 4 is 50.3 Å². The molecule has 8 heteroatoms. The van der Waals surface area contributed by atoms with Gasteiger partial charge in [0.05, 0.1) is 16.8 Å². The highest BCUT2D eigenvalue weighted by Gasteiger charge is 2.09. The number of hydrogen-bond donors (Lipinski definition) is 2. The minimum absolute atomic E-state index is 0.184. The molecule has 0 aliphatic rings. The molecule has 2 N–H and O–H groups in total. The highest BCUT2D eigenvalue weighted by Crippen LogP contribution is 2.28. The average molecular weight is 314 g/mol. The number of ether oxygens (including phenoxy) is 1. The van der Waals surface area contributed by atoms with Crippen LogP contribution >= 0.6 is 22.9 Å². The van der Waals surface area contributed by atoms with Crippen LogP contribution in [0.2, 0.25) is 5.02 Å². The van der Waals surface area contributed by atoms with E-state index in [0.717, 1.165) is 10.2 Å². The van der Waals surface area contributed by atoms with Crippen LogP contribution in [0.5, 0.6) is 0 Å². The zero-order chi connectivity index (χ0) is 14.5. The second-order valence-corrected chi connectivity index (χ2v) is 5.21. The van der Waals surface area contributed by atoms with Crippen LogP contribution in [0.4, 0.5) is 9.93 Å². The maximum atomic E-state index is 11.6. The van der Waals surface area contributed by atoms with E-state index in [1.807, 2.05) is 0 Å². The van der Waals surface area contributed by atoms with Crippen molar-refractivity contribution in [1.82, 2.24) is 10.3 Å². The summed E-state index contributed by atoms with van der Waals surface area (Å²) in [6.45, 7) is 1.79. The van der Waals surface area contributed by atoms with E-state index < -0.39 is 12.0 Å². The number of anilines is 1. The van der Waals surface area contributed by atoms with E-state index in [1.165, 1.54) is 11.3 Å². The molecule has 6 nitrogen and oxygen atoms in total. The number of urea groups is 1. The number of nitrogens with zero attached hydrogens (tertiary/aromatic N) is 1. The van der Waals surface area contributed by atoms with Crippen LogP contribution in [0.3, 0.4) is 0 Å². The van der Waals surface area contributed by atoms with Gasteiger partial charge in [-0.15, -0.1) is 0 Å². The van der Waals surface area contributed by atoms with E-state index >= 15 is 0 Å². The molecule has 0 aliphatic carbocycles. The Hall–Kier alpha value is -1.86. The molecule has 0 spiro atoms. The smallest absolute Gasteiger partial charge is 0.325 e. The lowest BCUT2D eigenvalue weighted by molar-refractivity contribution is -0.141. The van der Waals surface area contributed by atoms with Gasteiger partial charge in [0.15, 0.2) is 5.13 Å². The van der Waals surface area contributed by atoms with Gasteiger partial charge < -0.3 is 10.1 Å². The number of hydrogen-bond acceptors (Lipinski definition) is 5. The summed E-state index contributed by atoms with van der Waals surface area (Å²) in [5.74, 6) is -0.487. The van der Waals surface area contributed by atoms with Crippen LogP contribution in [0.15, 0.2) is 18.2 Å². The normalized spacial score (nSPS) is 10.3. The SMILES string of the molecule is CCOC(=O)CNC(=O)Nc1nc2ccc(Cl)cc2s1. The molecule has 0 radical (unpaired) electrons. The predicted octanol–water partition coefficient (Wildman–Crippen LogP) is 2.63. The molecular weight excluding hydrogens is 302 g/mol. The Bertz CT molecular complexity index is 644. The minimum atomic E-state index is -0.511.